The molecule has 16 heavy (non-hydrogen) atoms. The van der Waals surface area contributed by atoms with Crippen molar-refractivity contribution < 1.29 is 13.2 Å². The van der Waals surface area contributed by atoms with Crippen LogP contribution in [0.3, 0.4) is 0 Å². The predicted octanol–water partition coefficient (Wildman–Crippen LogP) is 1.27. The number of nitrogens with zero attached hydrogens (tertiary/aromatic N) is 1. The third-order valence-electron chi connectivity index (χ3n) is 2.97. The molecule has 4 nitrogen and oxygen atoms in total. The Morgan fingerprint density at radius 2 is 1.81 bits per heavy atom. The van der Waals surface area contributed by atoms with Crippen molar-refractivity contribution in [1.29, 1.82) is 0 Å². The SMILES string of the molecule is CC(=O)C1CCN(S(=O)(=O)CC(C)C)CC1. The van der Waals surface area contributed by atoms with Crippen LogP contribution in [-0.2, 0) is 14.8 Å². The summed E-state index contributed by atoms with van der Waals surface area (Å²) in [7, 11) is -3.11. The van der Waals surface area contributed by atoms with Crippen LogP contribution < -0.4 is 0 Å². The zero-order valence-corrected chi connectivity index (χ0v) is 11.1. The third-order valence-corrected chi connectivity index (χ3v) is 5.21. The van der Waals surface area contributed by atoms with E-state index in [0.717, 1.165) is 0 Å². The molecule has 1 fully saturated rings. The van der Waals surface area contributed by atoms with Gasteiger partial charge in [0.15, 0.2) is 0 Å². The molecule has 0 unspecified atom stereocenters. The summed E-state index contributed by atoms with van der Waals surface area (Å²) in [6, 6.07) is 0. The third kappa shape index (κ3) is 3.56. The number of hydrogen-bond acceptors (Lipinski definition) is 3. The van der Waals surface area contributed by atoms with Crippen molar-refractivity contribution in [1.82, 2.24) is 4.31 Å². The number of piperidine rings is 1. The van der Waals surface area contributed by atoms with Gasteiger partial charge >= 0.3 is 0 Å². The minimum Gasteiger partial charge on any atom is -0.300 e. The van der Waals surface area contributed by atoms with Crippen LogP contribution >= 0.6 is 0 Å². The number of ketones is 1. The monoisotopic (exact) mass is 247 g/mol. The Kier molecular flexibility index (Phi) is 4.50. The van der Waals surface area contributed by atoms with Gasteiger partial charge in [0.05, 0.1) is 5.75 Å². The molecule has 0 aliphatic carbocycles. The molecule has 0 atom stereocenters. The predicted molar refractivity (Wildman–Crippen MR) is 63.6 cm³/mol. The molecule has 0 aromatic rings. The number of rotatable bonds is 4. The Morgan fingerprint density at radius 1 is 1.31 bits per heavy atom. The first-order valence-corrected chi connectivity index (χ1v) is 7.42. The summed E-state index contributed by atoms with van der Waals surface area (Å²) < 4.78 is 25.4. The van der Waals surface area contributed by atoms with Gasteiger partial charge in [-0.1, -0.05) is 13.8 Å². The van der Waals surface area contributed by atoms with E-state index in [9.17, 15) is 13.2 Å². The summed E-state index contributed by atoms with van der Waals surface area (Å²) >= 11 is 0. The first-order chi connectivity index (χ1) is 7.33. The minimum atomic E-state index is -3.11. The quantitative estimate of drug-likeness (QED) is 0.752. The van der Waals surface area contributed by atoms with Crippen molar-refractivity contribution >= 4 is 15.8 Å². The molecule has 0 amide bonds. The van der Waals surface area contributed by atoms with Gasteiger partial charge < -0.3 is 0 Å². The molecule has 5 heteroatoms. The van der Waals surface area contributed by atoms with Crippen molar-refractivity contribution in [3.05, 3.63) is 0 Å². The van der Waals surface area contributed by atoms with E-state index < -0.39 is 10.0 Å². The Labute approximate surface area is 98.1 Å². The molecular weight excluding hydrogens is 226 g/mol. The van der Waals surface area contributed by atoms with Crippen molar-refractivity contribution in [3.8, 4) is 0 Å². The molecule has 0 spiro atoms. The van der Waals surface area contributed by atoms with Crippen molar-refractivity contribution in [2.24, 2.45) is 11.8 Å². The first-order valence-electron chi connectivity index (χ1n) is 5.81. The van der Waals surface area contributed by atoms with E-state index in [1.807, 2.05) is 13.8 Å². The standard InChI is InChI=1S/C11H21NO3S/c1-9(2)8-16(14,15)12-6-4-11(5-7-12)10(3)13/h9,11H,4-8H2,1-3H3. The van der Waals surface area contributed by atoms with Gasteiger partial charge in [-0.3, -0.25) is 4.79 Å². The highest BCUT2D eigenvalue weighted by molar-refractivity contribution is 7.89. The van der Waals surface area contributed by atoms with Gasteiger partial charge in [-0.15, -0.1) is 0 Å². The fraction of sp³-hybridized carbons (Fsp3) is 0.909. The second-order valence-electron chi connectivity index (χ2n) is 4.96. The van der Waals surface area contributed by atoms with E-state index in [-0.39, 0.29) is 23.4 Å². The summed E-state index contributed by atoms with van der Waals surface area (Å²) in [5.74, 6) is 0.597. The second-order valence-corrected chi connectivity index (χ2v) is 6.97. The fourth-order valence-corrected chi connectivity index (χ4v) is 3.89. The molecular formula is C11H21NO3S. The zero-order valence-electron chi connectivity index (χ0n) is 10.3. The van der Waals surface area contributed by atoms with Crippen molar-refractivity contribution in [3.63, 3.8) is 0 Å². The van der Waals surface area contributed by atoms with E-state index in [1.165, 1.54) is 4.31 Å². The number of hydrogen-bond donors (Lipinski definition) is 0. The van der Waals surface area contributed by atoms with Crippen LogP contribution in [0.4, 0.5) is 0 Å². The number of carbonyl (C=O) groups is 1. The molecule has 0 N–H and O–H groups in total. The smallest absolute Gasteiger partial charge is 0.214 e. The van der Waals surface area contributed by atoms with Crippen LogP contribution in [0.5, 0.6) is 0 Å². The molecule has 0 aromatic heterocycles. The summed E-state index contributed by atoms with van der Waals surface area (Å²) in [5, 5.41) is 0. The van der Waals surface area contributed by atoms with Gasteiger partial charge in [-0.2, -0.15) is 0 Å². The second kappa shape index (κ2) is 5.27. The lowest BCUT2D eigenvalue weighted by Gasteiger charge is -2.30. The average Bonchev–Trinajstić information content (AvgIpc) is 2.16. The highest BCUT2D eigenvalue weighted by atomic mass is 32.2. The average molecular weight is 247 g/mol. The Morgan fingerprint density at radius 3 is 2.19 bits per heavy atom. The molecule has 1 rings (SSSR count). The van der Waals surface area contributed by atoms with E-state index in [0.29, 0.717) is 25.9 Å². The van der Waals surface area contributed by atoms with Crippen LogP contribution in [0, 0.1) is 11.8 Å². The highest BCUT2D eigenvalue weighted by Crippen LogP contribution is 2.21. The minimum absolute atomic E-state index is 0.0606. The van der Waals surface area contributed by atoms with Gasteiger partial charge in [0, 0.05) is 19.0 Å². The molecule has 1 aliphatic heterocycles. The lowest BCUT2D eigenvalue weighted by molar-refractivity contribution is -0.121. The highest BCUT2D eigenvalue weighted by Gasteiger charge is 2.29. The fourth-order valence-electron chi connectivity index (χ4n) is 2.07. The summed E-state index contributed by atoms with van der Waals surface area (Å²) in [4.78, 5) is 11.2. The Bertz CT molecular complexity index is 340. The molecule has 1 saturated heterocycles. The Balaban J connectivity index is 2.56. The van der Waals surface area contributed by atoms with Gasteiger partial charge in [-0.05, 0) is 25.7 Å². The van der Waals surface area contributed by atoms with E-state index in [4.69, 9.17) is 0 Å². The van der Waals surface area contributed by atoms with Gasteiger partial charge in [0.1, 0.15) is 5.78 Å². The maximum absolute atomic E-state index is 11.9. The van der Waals surface area contributed by atoms with Crippen LogP contribution in [0.1, 0.15) is 33.6 Å². The summed E-state index contributed by atoms with van der Waals surface area (Å²) in [5.41, 5.74) is 0. The molecule has 94 valence electrons. The van der Waals surface area contributed by atoms with E-state index in [2.05, 4.69) is 0 Å². The number of sulfonamides is 1. The summed E-state index contributed by atoms with van der Waals surface area (Å²) in [6.07, 6.45) is 1.35. The van der Waals surface area contributed by atoms with Crippen molar-refractivity contribution in [2.75, 3.05) is 18.8 Å². The lowest BCUT2D eigenvalue weighted by Crippen LogP contribution is -2.41. The molecule has 0 bridgehead atoms. The van der Waals surface area contributed by atoms with Gasteiger partial charge in [0.2, 0.25) is 10.0 Å². The molecule has 0 radical (unpaired) electrons. The van der Waals surface area contributed by atoms with Crippen LogP contribution in [0.2, 0.25) is 0 Å². The normalized spacial score (nSPS) is 20.2. The molecule has 1 aliphatic rings. The Hall–Kier alpha value is -0.420. The maximum Gasteiger partial charge on any atom is 0.214 e. The van der Waals surface area contributed by atoms with Gasteiger partial charge in [-0.25, -0.2) is 12.7 Å². The number of carbonyl (C=O) groups excluding carboxylic acids is 1. The topological polar surface area (TPSA) is 54.5 Å². The molecule has 0 saturated carbocycles. The van der Waals surface area contributed by atoms with Gasteiger partial charge in [0.25, 0.3) is 0 Å². The lowest BCUT2D eigenvalue weighted by atomic mass is 9.95. The van der Waals surface area contributed by atoms with E-state index >= 15 is 0 Å². The molecule has 1 heterocycles. The largest absolute Gasteiger partial charge is 0.300 e. The molecule has 0 aromatic carbocycles. The number of Topliss-reactive ketones (excluding diaryl/α,β-unsaturated/α-hetero) is 1. The maximum atomic E-state index is 11.9. The zero-order chi connectivity index (χ0) is 12.3. The summed E-state index contributed by atoms with van der Waals surface area (Å²) in [6.45, 7) is 6.39. The van der Waals surface area contributed by atoms with Crippen LogP contribution in [0.25, 0.3) is 0 Å². The first kappa shape index (κ1) is 13.6. The van der Waals surface area contributed by atoms with E-state index in [1.54, 1.807) is 6.92 Å². The van der Waals surface area contributed by atoms with Crippen LogP contribution in [0.15, 0.2) is 0 Å². The van der Waals surface area contributed by atoms with Crippen LogP contribution in [-0.4, -0.2) is 37.3 Å². The van der Waals surface area contributed by atoms with Crippen molar-refractivity contribution in [2.45, 2.75) is 33.6 Å².